The van der Waals surface area contributed by atoms with Gasteiger partial charge in [0.1, 0.15) is 6.04 Å². The largest absolute Gasteiger partial charge is 0.376 e. The molecular weight excluding hydrogens is 232 g/mol. The number of ether oxygens (including phenoxy) is 1. The first-order chi connectivity index (χ1) is 8.61. The van der Waals surface area contributed by atoms with Gasteiger partial charge in [-0.25, -0.2) is 0 Å². The lowest BCUT2D eigenvalue weighted by Gasteiger charge is -2.30. The molecule has 5 nitrogen and oxygen atoms in total. The summed E-state index contributed by atoms with van der Waals surface area (Å²) in [5.41, 5.74) is 0. The fourth-order valence-corrected chi connectivity index (χ4v) is 2.67. The van der Waals surface area contributed by atoms with E-state index in [-0.39, 0.29) is 30.0 Å². The van der Waals surface area contributed by atoms with Crippen molar-refractivity contribution in [2.45, 2.75) is 57.7 Å². The highest BCUT2D eigenvalue weighted by Crippen LogP contribution is 2.18. The van der Waals surface area contributed by atoms with Crippen LogP contribution in [0.3, 0.4) is 0 Å². The smallest absolute Gasteiger partial charge is 0.245 e. The van der Waals surface area contributed by atoms with Crippen molar-refractivity contribution < 1.29 is 14.3 Å². The van der Waals surface area contributed by atoms with Gasteiger partial charge in [0, 0.05) is 25.6 Å². The molecule has 3 unspecified atom stereocenters. The van der Waals surface area contributed by atoms with Gasteiger partial charge in [0.25, 0.3) is 0 Å². The highest BCUT2D eigenvalue weighted by molar-refractivity contribution is 5.90. The molecule has 2 fully saturated rings. The monoisotopic (exact) mass is 254 g/mol. The summed E-state index contributed by atoms with van der Waals surface area (Å²) >= 11 is 0. The Morgan fingerprint density at radius 3 is 2.83 bits per heavy atom. The minimum Gasteiger partial charge on any atom is -0.376 e. The molecule has 18 heavy (non-hydrogen) atoms. The summed E-state index contributed by atoms with van der Waals surface area (Å²) in [5.74, 6) is 0.00360. The Labute approximate surface area is 108 Å². The zero-order chi connectivity index (χ0) is 13.1. The van der Waals surface area contributed by atoms with Crippen molar-refractivity contribution in [3.05, 3.63) is 0 Å². The molecule has 0 radical (unpaired) electrons. The van der Waals surface area contributed by atoms with E-state index in [9.17, 15) is 9.59 Å². The molecule has 0 spiro atoms. The summed E-state index contributed by atoms with van der Waals surface area (Å²) in [5, 5.41) is 2.79. The molecule has 3 atom stereocenters. The number of nitrogens with zero attached hydrogens (tertiary/aromatic N) is 1. The predicted molar refractivity (Wildman–Crippen MR) is 67.0 cm³/mol. The number of carbonyl (C=O) groups excluding carboxylic acids is 2. The number of amides is 2. The van der Waals surface area contributed by atoms with Crippen LogP contribution in [-0.2, 0) is 14.3 Å². The average molecular weight is 254 g/mol. The van der Waals surface area contributed by atoms with E-state index in [0.717, 1.165) is 19.4 Å². The molecule has 0 bridgehead atoms. The van der Waals surface area contributed by atoms with Crippen LogP contribution in [0.2, 0.25) is 0 Å². The molecule has 0 aromatic rings. The van der Waals surface area contributed by atoms with Crippen molar-refractivity contribution in [2.24, 2.45) is 0 Å². The van der Waals surface area contributed by atoms with Crippen molar-refractivity contribution >= 4 is 11.8 Å². The second-order valence-corrected chi connectivity index (χ2v) is 5.21. The molecule has 2 saturated heterocycles. The van der Waals surface area contributed by atoms with E-state index in [1.807, 2.05) is 18.7 Å². The molecule has 0 aliphatic carbocycles. The van der Waals surface area contributed by atoms with Crippen molar-refractivity contribution in [3.8, 4) is 0 Å². The summed E-state index contributed by atoms with van der Waals surface area (Å²) in [4.78, 5) is 25.9. The van der Waals surface area contributed by atoms with E-state index in [4.69, 9.17) is 4.74 Å². The summed E-state index contributed by atoms with van der Waals surface area (Å²) in [6.45, 7) is 5.26. The Morgan fingerprint density at radius 2 is 2.22 bits per heavy atom. The van der Waals surface area contributed by atoms with Crippen LogP contribution in [0.4, 0.5) is 0 Å². The third-order valence-electron chi connectivity index (χ3n) is 3.76. The fourth-order valence-electron chi connectivity index (χ4n) is 2.67. The number of hydrogen-bond donors (Lipinski definition) is 1. The Balaban J connectivity index is 2.08. The van der Waals surface area contributed by atoms with Gasteiger partial charge in [0.05, 0.1) is 6.10 Å². The lowest BCUT2D eigenvalue weighted by Crippen LogP contribution is -2.48. The molecular formula is C13H22N2O3. The maximum absolute atomic E-state index is 12.4. The molecule has 0 aromatic carbocycles. The molecule has 0 saturated carbocycles. The molecule has 2 amide bonds. The van der Waals surface area contributed by atoms with Crippen LogP contribution in [0.1, 0.15) is 39.5 Å². The maximum Gasteiger partial charge on any atom is 0.245 e. The minimum atomic E-state index is -0.371. The third-order valence-corrected chi connectivity index (χ3v) is 3.76. The van der Waals surface area contributed by atoms with Crippen LogP contribution < -0.4 is 5.32 Å². The van der Waals surface area contributed by atoms with E-state index < -0.39 is 0 Å². The Hall–Kier alpha value is -1.10. The summed E-state index contributed by atoms with van der Waals surface area (Å²) in [7, 11) is 0. The predicted octanol–water partition coefficient (Wildman–Crippen LogP) is 0.681. The Bertz CT molecular complexity index is 326. The standard InChI is InChI=1S/C13H22N2O3/c1-3-11-13(17)15(8-10-5-4-6-18-10)9(2)7-12(16)14-11/h9-11H,3-8H2,1-2H3,(H,14,16). The first kappa shape index (κ1) is 13.3. The van der Waals surface area contributed by atoms with Crippen molar-refractivity contribution in [2.75, 3.05) is 13.2 Å². The fraction of sp³-hybridized carbons (Fsp3) is 0.846. The van der Waals surface area contributed by atoms with Crippen LogP contribution >= 0.6 is 0 Å². The van der Waals surface area contributed by atoms with E-state index in [2.05, 4.69) is 5.32 Å². The first-order valence-electron chi connectivity index (χ1n) is 6.83. The number of nitrogens with one attached hydrogen (secondary N) is 1. The Morgan fingerprint density at radius 1 is 1.44 bits per heavy atom. The van der Waals surface area contributed by atoms with Crippen molar-refractivity contribution in [1.29, 1.82) is 0 Å². The van der Waals surface area contributed by atoms with E-state index in [1.54, 1.807) is 0 Å². The minimum absolute atomic E-state index is 0.0301. The van der Waals surface area contributed by atoms with Gasteiger partial charge in [-0.15, -0.1) is 0 Å². The van der Waals surface area contributed by atoms with Gasteiger partial charge in [-0.05, 0) is 26.2 Å². The molecule has 2 heterocycles. The molecule has 102 valence electrons. The first-order valence-corrected chi connectivity index (χ1v) is 6.83. The van der Waals surface area contributed by atoms with Gasteiger partial charge in [-0.1, -0.05) is 6.92 Å². The topological polar surface area (TPSA) is 58.6 Å². The third kappa shape index (κ3) is 2.83. The second-order valence-electron chi connectivity index (χ2n) is 5.21. The highest BCUT2D eigenvalue weighted by Gasteiger charge is 2.34. The van der Waals surface area contributed by atoms with Crippen molar-refractivity contribution in [1.82, 2.24) is 10.2 Å². The molecule has 0 aromatic heterocycles. The SMILES string of the molecule is CCC1NC(=O)CC(C)N(CC2CCCO2)C1=O. The highest BCUT2D eigenvalue weighted by atomic mass is 16.5. The number of carbonyl (C=O) groups is 2. The normalized spacial score (nSPS) is 33.4. The molecule has 5 heteroatoms. The van der Waals surface area contributed by atoms with Crippen LogP contribution in [0.15, 0.2) is 0 Å². The van der Waals surface area contributed by atoms with E-state index >= 15 is 0 Å². The van der Waals surface area contributed by atoms with Gasteiger partial charge in [0.15, 0.2) is 0 Å². The lowest BCUT2D eigenvalue weighted by atomic mass is 10.1. The van der Waals surface area contributed by atoms with Crippen LogP contribution in [-0.4, -0.2) is 48.1 Å². The van der Waals surface area contributed by atoms with Crippen LogP contribution in [0.5, 0.6) is 0 Å². The molecule has 2 rings (SSSR count). The average Bonchev–Trinajstić information content (AvgIpc) is 2.81. The zero-order valence-electron chi connectivity index (χ0n) is 11.1. The van der Waals surface area contributed by atoms with Crippen LogP contribution in [0, 0.1) is 0 Å². The lowest BCUT2D eigenvalue weighted by molar-refractivity contribution is -0.136. The van der Waals surface area contributed by atoms with Gasteiger partial charge >= 0.3 is 0 Å². The summed E-state index contributed by atoms with van der Waals surface area (Å²) < 4.78 is 5.59. The molecule has 2 aliphatic heterocycles. The second kappa shape index (κ2) is 5.69. The quantitative estimate of drug-likeness (QED) is 0.806. The maximum atomic E-state index is 12.4. The number of hydrogen-bond acceptors (Lipinski definition) is 3. The van der Waals surface area contributed by atoms with Crippen molar-refractivity contribution in [3.63, 3.8) is 0 Å². The van der Waals surface area contributed by atoms with Gasteiger partial charge < -0.3 is 15.0 Å². The van der Waals surface area contributed by atoms with Gasteiger partial charge in [0.2, 0.25) is 11.8 Å². The Kier molecular flexibility index (Phi) is 4.22. The van der Waals surface area contributed by atoms with Gasteiger partial charge in [-0.2, -0.15) is 0 Å². The van der Waals surface area contributed by atoms with Crippen LogP contribution in [0.25, 0.3) is 0 Å². The number of rotatable bonds is 3. The summed E-state index contributed by atoms with van der Waals surface area (Å²) in [6, 6.07) is -0.415. The van der Waals surface area contributed by atoms with Gasteiger partial charge in [-0.3, -0.25) is 9.59 Å². The van der Waals surface area contributed by atoms with E-state index in [1.165, 1.54) is 0 Å². The molecule has 2 aliphatic rings. The molecule has 1 N–H and O–H groups in total. The summed E-state index contributed by atoms with van der Waals surface area (Å²) in [6.07, 6.45) is 3.24. The zero-order valence-corrected chi connectivity index (χ0v) is 11.1. The van der Waals surface area contributed by atoms with E-state index in [0.29, 0.717) is 19.4 Å².